The minimum atomic E-state index is -3.73. The highest BCUT2D eigenvalue weighted by atomic mass is 35.5. The molecule has 2 aromatic carbocycles. The molecule has 0 aliphatic carbocycles. The van der Waals surface area contributed by atoms with Gasteiger partial charge in [0.15, 0.2) is 11.5 Å². The summed E-state index contributed by atoms with van der Waals surface area (Å²) in [6.45, 7) is 3.43. The third kappa shape index (κ3) is 6.37. The molecule has 0 bridgehead atoms. The molecule has 2 rings (SSSR count). The third-order valence-corrected chi connectivity index (χ3v) is 5.18. The van der Waals surface area contributed by atoms with E-state index in [2.05, 4.69) is 10.5 Å². The van der Waals surface area contributed by atoms with Crippen LogP contribution < -0.4 is 14.5 Å². The molecule has 0 unspecified atom stereocenters. The first-order chi connectivity index (χ1) is 13.6. The number of hydrogen-bond acceptors (Lipinski definition) is 6. The van der Waals surface area contributed by atoms with Crippen molar-refractivity contribution in [1.29, 1.82) is 0 Å². The fraction of sp³-hybridized carbons (Fsp3) is 0.263. The Morgan fingerprint density at radius 3 is 2.69 bits per heavy atom. The van der Waals surface area contributed by atoms with Gasteiger partial charge in [-0.1, -0.05) is 17.7 Å². The van der Waals surface area contributed by atoms with Gasteiger partial charge in [0.25, 0.3) is 5.91 Å². The average Bonchev–Trinajstić information content (AvgIpc) is 2.64. The molecular formula is C19H22ClN3O5S. The topological polar surface area (TPSA) is 108 Å². The minimum Gasteiger partial charge on any atom is -0.504 e. The second-order valence-electron chi connectivity index (χ2n) is 6.15. The van der Waals surface area contributed by atoms with E-state index in [4.69, 9.17) is 16.3 Å². The van der Waals surface area contributed by atoms with Gasteiger partial charge in [-0.25, -0.2) is 13.8 Å². The van der Waals surface area contributed by atoms with Gasteiger partial charge in [0.1, 0.15) is 6.54 Å². The van der Waals surface area contributed by atoms with Crippen molar-refractivity contribution in [3.63, 3.8) is 0 Å². The van der Waals surface area contributed by atoms with Crippen LogP contribution in [0, 0.1) is 6.92 Å². The number of rotatable bonds is 8. The number of carbonyl (C=O) groups excluding carboxylic acids is 1. The summed E-state index contributed by atoms with van der Waals surface area (Å²) in [6, 6.07) is 9.39. The molecular weight excluding hydrogens is 418 g/mol. The van der Waals surface area contributed by atoms with Crippen molar-refractivity contribution < 1.29 is 23.1 Å². The van der Waals surface area contributed by atoms with E-state index in [1.165, 1.54) is 18.3 Å². The predicted molar refractivity (Wildman–Crippen MR) is 113 cm³/mol. The van der Waals surface area contributed by atoms with Gasteiger partial charge in [-0.05, 0) is 55.3 Å². The van der Waals surface area contributed by atoms with E-state index < -0.39 is 22.5 Å². The number of hydrazone groups is 1. The fourth-order valence-corrected chi connectivity index (χ4v) is 3.53. The number of phenolic OH excluding ortho intramolecular Hbond substituents is 1. The summed E-state index contributed by atoms with van der Waals surface area (Å²) in [4.78, 5) is 12.3. The highest BCUT2D eigenvalue weighted by Crippen LogP contribution is 2.27. The van der Waals surface area contributed by atoms with Crippen molar-refractivity contribution in [3.05, 3.63) is 52.5 Å². The zero-order chi connectivity index (χ0) is 21.6. The van der Waals surface area contributed by atoms with Gasteiger partial charge in [-0.15, -0.1) is 0 Å². The van der Waals surface area contributed by atoms with Gasteiger partial charge >= 0.3 is 0 Å². The Kier molecular flexibility index (Phi) is 7.46. The van der Waals surface area contributed by atoms with Crippen molar-refractivity contribution in [2.45, 2.75) is 13.8 Å². The smallest absolute Gasteiger partial charge is 0.260 e. The Hall–Kier alpha value is -2.78. The number of aryl methyl sites for hydroxylation is 1. The second kappa shape index (κ2) is 9.62. The summed E-state index contributed by atoms with van der Waals surface area (Å²) in [5, 5.41) is 13.9. The first-order valence-corrected chi connectivity index (χ1v) is 10.9. The Balaban J connectivity index is 2.12. The molecule has 10 heteroatoms. The van der Waals surface area contributed by atoms with E-state index >= 15 is 0 Å². The molecule has 1 amide bonds. The van der Waals surface area contributed by atoms with Gasteiger partial charge in [-0.2, -0.15) is 5.10 Å². The van der Waals surface area contributed by atoms with E-state index in [1.807, 2.05) is 0 Å². The summed E-state index contributed by atoms with van der Waals surface area (Å²) in [5.41, 5.74) is 3.85. The number of phenols is 1. The molecule has 0 aliphatic rings. The molecule has 29 heavy (non-hydrogen) atoms. The number of ether oxygens (including phenoxy) is 1. The van der Waals surface area contributed by atoms with Crippen LogP contribution in [0.25, 0.3) is 0 Å². The summed E-state index contributed by atoms with van der Waals surface area (Å²) in [6.07, 6.45) is 2.37. The Morgan fingerprint density at radius 2 is 2.03 bits per heavy atom. The Labute approximate surface area is 174 Å². The molecule has 0 atom stereocenters. The molecule has 0 aromatic heterocycles. The average molecular weight is 440 g/mol. The Bertz CT molecular complexity index is 1020. The molecule has 0 spiro atoms. The zero-order valence-electron chi connectivity index (χ0n) is 16.2. The van der Waals surface area contributed by atoms with Crippen LogP contribution in [-0.4, -0.2) is 45.1 Å². The third-order valence-electron chi connectivity index (χ3n) is 3.81. The van der Waals surface area contributed by atoms with Gasteiger partial charge < -0.3 is 9.84 Å². The maximum absolute atomic E-state index is 12.3. The number of anilines is 1. The summed E-state index contributed by atoms with van der Waals surface area (Å²) >= 11 is 5.97. The quantitative estimate of drug-likeness (QED) is 0.485. The number of benzene rings is 2. The van der Waals surface area contributed by atoms with E-state index in [0.29, 0.717) is 34.2 Å². The van der Waals surface area contributed by atoms with Crippen LogP contribution in [0.5, 0.6) is 11.5 Å². The monoisotopic (exact) mass is 439 g/mol. The molecule has 0 saturated carbocycles. The Morgan fingerprint density at radius 1 is 1.31 bits per heavy atom. The maximum Gasteiger partial charge on any atom is 0.260 e. The molecule has 8 nitrogen and oxygen atoms in total. The van der Waals surface area contributed by atoms with Crippen LogP contribution >= 0.6 is 11.6 Å². The molecule has 0 saturated heterocycles. The van der Waals surface area contributed by atoms with Gasteiger partial charge in [0.05, 0.1) is 24.8 Å². The zero-order valence-corrected chi connectivity index (χ0v) is 17.8. The number of nitrogens with one attached hydrogen (secondary N) is 1. The fourth-order valence-electron chi connectivity index (χ4n) is 2.46. The maximum atomic E-state index is 12.3. The summed E-state index contributed by atoms with van der Waals surface area (Å²) in [7, 11) is -3.73. The number of amides is 1. The number of halogens is 1. The summed E-state index contributed by atoms with van der Waals surface area (Å²) < 4.78 is 30.6. The van der Waals surface area contributed by atoms with E-state index in [0.717, 1.165) is 10.6 Å². The van der Waals surface area contributed by atoms with Crippen molar-refractivity contribution >= 4 is 39.4 Å². The molecule has 2 N–H and O–H groups in total. The van der Waals surface area contributed by atoms with Crippen LogP contribution in [0.4, 0.5) is 5.69 Å². The van der Waals surface area contributed by atoms with Crippen molar-refractivity contribution in [1.82, 2.24) is 5.43 Å². The number of aromatic hydroxyl groups is 1. The first kappa shape index (κ1) is 22.5. The molecule has 0 heterocycles. The lowest BCUT2D eigenvalue weighted by Gasteiger charge is -2.23. The van der Waals surface area contributed by atoms with Crippen molar-refractivity contribution in [3.8, 4) is 11.5 Å². The highest BCUT2D eigenvalue weighted by molar-refractivity contribution is 7.92. The lowest BCUT2D eigenvalue weighted by atomic mass is 10.2. The molecule has 0 fully saturated rings. The van der Waals surface area contributed by atoms with E-state index in [9.17, 15) is 18.3 Å². The largest absolute Gasteiger partial charge is 0.504 e. The second-order valence-corrected chi connectivity index (χ2v) is 8.50. The lowest BCUT2D eigenvalue weighted by Crippen LogP contribution is -2.39. The van der Waals surface area contributed by atoms with Crippen LogP contribution in [0.3, 0.4) is 0 Å². The van der Waals surface area contributed by atoms with E-state index in [1.54, 1.807) is 38.1 Å². The van der Waals surface area contributed by atoms with Crippen LogP contribution in [0.15, 0.2) is 41.5 Å². The lowest BCUT2D eigenvalue weighted by molar-refractivity contribution is -0.119. The van der Waals surface area contributed by atoms with Crippen LogP contribution in [0.1, 0.15) is 18.1 Å². The van der Waals surface area contributed by atoms with Crippen LogP contribution in [0.2, 0.25) is 5.02 Å². The van der Waals surface area contributed by atoms with Crippen LogP contribution in [-0.2, 0) is 14.8 Å². The number of nitrogens with zero attached hydrogens (tertiary/aromatic N) is 2. The van der Waals surface area contributed by atoms with Gasteiger partial charge in [0.2, 0.25) is 10.0 Å². The standard InChI is InChI=1S/C19H22ClN3O5S/c1-4-28-18-9-14(6-8-17(18)24)11-21-22-19(25)12-23(29(3,26)27)16-10-15(20)7-5-13(16)2/h5-11,24H,4,12H2,1-3H3,(H,22,25)/b21-11-. The first-order valence-electron chi connectivity index (χ1n) is 8.63. The minimum absolute atomic E-state index is 0.00581. The number of sulfonamides is 1. The molecule has 0 radical (unpaired) electrons. The van der Waals surface area contributed by atoms with E-state index in [-0.39, 0.29) is 5.75 Å². The number of hydrogen-bond donors (Lipinski definition) is 2. The highest BCUT2D eigenvalue weighted by Gasteiger charge is 2.22. The molecule has 0 aliphatic heterocycles. The molecule has 156 valence electrons. The number of carbonyl (C=O) groups is 1. The van der Waals surface area contributed by atoms with Crippen molar-refractivity contribution in [2.75, 3.05) is 23.7 Å². The molecule has 2 aromatic rings. The SMILES string of the molecule is CCOc1cc(/C=N\NC(=O)CN(c2cc(Cl)ccc2C)S(C)(=O)=O)ccc1O. The predicted octanol–water partition coefficient (Wildman–Crippen LogP) is 2.67. The van der Waals surface area contributed by atoms with Crippen molar-refractivity contribution in [2.24, 2.45) is 5.10 Å². The normalized spacial score (nSPS) is 11.4. The van der Waals surface area contributed by atoms with Gasteiger partial charge in [-0.3, -0.25) is 9.10 Å². The van der Waals surface area contributed by atoms with Gasteiger partial charge in [0, 0.05) is 5.02 Å². The summed E-state index contributed by atoms with van der Waals surface area (Å²) in [5.74, 6) is -0.342.